The van der Waals surface area contributed by atoms with E-state index in [1.807, 2.05) is 48.6 Å². The standard InChI is InChI=1S/C20H24N8O/c1-4-27-18-17(25-20(27)26(3)11-13(2)21)10-24-28(19(18)29)12-14-5-6-15-16(9-14)23-8-7-22-15/h5-10,13H,4,11-12,21H2,1-3H3. The molecule has 0 spiro atoms. The van der Waals surface area contributed by atoms with Crippen LogP contribution in [0.2, 0.25) is 0 Å². The van der Waals surface area contributed by atoms with Crippen LogP contribution >= 0.6 is 0 Å². The Kier molecular flexibility index (Phi) is 4.98. The molecule has 0 fully saturated rings. The molecule has 29 heavy (non-hydrogen) atoms. The molecule has 1 unspecified atom stereocenters. The van der Waals surface area contributed by atoms with Crippen LogP contribution in [0, 0.1) is 0 Å². The van der Waals surface area contributed by atoms with Gasteiger partial charge in [0.05, 0.1) is 23.8 Å². The van der Waals surface area contributed by atoms with Gasteiger partial charge in [-0.3, -0.25) is 14.8 Å². The molecule has 0 radical (unpaired) electrons. The first-order chi connectivity index (χ1) is 14.0. The Hall–Kier alpha value is -3.33. The van der Waals surface area contributed by atoms with Crippen molar-refractivity contribution in [3.8, 4) is 0 Å². The van der Waals surface area contributed by atoms with Gasteiger partial charge in [-0.25, -0.2) is 9.67 Å². The van der Waals surface area contributed by atoms with Gasteiger partial charge in [-0.1, -0.05) is 6.07 Å². The highest BCUT2D eigenvalue weighted by molar-refractivity contribution is 5.77. The van der Waals surface area contributed by atoms with E-state index in [0.29, 0.717) is 30.7 Å². The minimum absolute atomic E-state index is 0.00379. The minimum atomic E-state index is -0.170. The summed E-state index contributed by atoms with van der Waals surface area (Å²) in [4.78, 5) is 28.4. The van der Waals surface area contributed by atoms with Crippen molar-refractivity contribution in [2.75, 3.05) is 18.5 Å². The number of benzene rings is 1. The summed E-state index contributed by atoms with van der Waals surface area (Å²) < 4.78 is 3.38. The molecule has 3 heterocycles. The van der Waals surface area contributed by atoms with E-state index >= 15 is 0 Å². The van der Waals surface area contributed by atoms with E-state index in [2.05, 4.69) is 20.1 Å². The van der Waals surface area contributed by atoms with Gasteiger partial charge in [-0.05, 0) is 31.5 Å². The molecule has 9 heteroatoms. The predicted octanol–water partition coefficient (Wildman–Crippen LogP) is 1.39. The number of anilines is 1. The number of hydrogen-bond donors (Lipinski definition) is 1. The lowest BCUT2D eigenvalue weighted by Gasteiger charge is -2.21. The fourth-order valence-electron chi connectivity index (χ4n) is 3.57. The number of fused-ring (bicyclic) bond motifs is 2. The predicted molar refractivity (Wildman–Crippen MR) is 113 cm³/mol. The Morgan fingerprint density at radius 2 is 1.93 bits per heavy atom. The summed E-state index contributed by atoms with van der Waals surface area (Å²) in [5, 5.41) is 4.34. The molecule has 3 aromatic heterocycles. The Morgan fingerprint density at radius 1 is 1.17 bits per heavy atom. The third kappa shape index (κ3) is 3.56. The van der Waals surface area contributed by atoms with Crippen LogP contribution in [0.3, 0.4) is 0 Å². The molecule has 1 atom stereocenters. The van der Waals surface area contributed by atoms with Crippen molar-refractivity contribution < 1.29 is 0 Å². The Bertz CT molecular complexity index is 1230. The number of nitrogens with two attached hydrogens (primary N) is 1. The molecule has 0 saturated carbocycles. The van der Waals surface area contributed by atoms with Crippen LogP contribution in [0.5, 0.6) is 0 Å². The molecule has 4 aromatic rings. The second kappa shape index (κ2) is 7.59. The lowest BCUT2D eigenvalue weighted by molar-refractivity contribution is 0.639. The molecule has 0 amide bonds. The largest absolute Gasteiger partial charge is 0.344 e. The minimum Gasteiger partial charge on any atom is -0.344 e. The van der Waals surface area contributed by atoms with Gasteiger partial charge in [0.15, 0.2) is 0 Å². The van der Waals surface area contributed by atoms with Gasteiger partial charge in [-0.2, -0.15) is 5.10 Å². The van der Waals surface area contributed by atoms with E-state index in [1.54, 1.807) is 18.6 Å². The zero-order chi connectivity index (χ0) is 20.5. The molecule has 2 N–H and O–H groups in total. The van der Waals surface area contributed by atoms with Crippen LogP contribution in [0.4, 0.5) is 5.95 Å². The second-order valence-electron chi connectivity index (χ2n) is 7.23. The van der Waals surface area contributed by atoms with Crippen LogP contribution < -0.4 is 16.2 Å². The highest BCUT2D eigenvalue weighted by atomic mass is 16.1. The molecule has 0 aliphatic heterocycles. The van der Waals surface area contributed by atoms with Crippen LogP contribution in [0.1, 0.15) is 19.4 Å². The van der Waals surface area contributed by atoms with Gasteiger partial charge in [-0.15, -0.1) is 0 Å². The third-order valence-electron chi connectivity index (χ3n) is 4.82. The topological polar surface area (TPSA) is 108 Å². The van der Waals surface area contributed by atoms with E-state index in [-0.39, 0.29) is 11.6 Å². The molecule has 1 aromatic carbocycles. The molecule has 0 saturated heterocycles. The van der Waals surface area contributed by atoms with Crippen molar-refractivity contribution in [1.29, 1.82) is 0 Å². The van der Waals surface area contributed by atoms with Gasteiger partial charge < -0.3 is 15.2 Å². The number of imidazole rings is 1. The van der Waals surface area contributed by atoms with Crippen molar-refractivity contribution in [2.24, 2.45) is 5.73 Å². The third-order valence-corrected chi connectivity index (χ3v) is 4.82. The van der Waals surface area contributed by atoms with E-state index in [1.165, 1.54) is 4.68 Å². The average Bonchev–Trinajstić information content (AvgIpc) is 3.09. The highest BCUT2D eigenvalue weighted by Crippen LogP contribution is 2.19. The van der Waals surface area contributed by atoms with Crippen LogP contribution in [0.25, 0.3) is 22.1 Å². The van der Waals surface area contributed by atoms with Crippen LogP contribution in [-0.4, -0.2) is 48.9 Å². The number of rotatable bonds is 6. The van der Waals surface area contributed by atoms with E-state index in [4.69, 9.17) is 5.73 Å². The SMILES string of the molecule is CCn1c(N(C)CC(C)N)nc2cnn(Cc3ccc4nccnc4c3)c(=O)c21. The van der Waals surface area contributed by atoms with Gasteiger partial charge in [0.25, 0.3) is 5.56 Å². The zero-order valence-corrected chi connectivity index (χ0v) is 16.8. The molecule has 4 rings (SSSR count). The van der Waals surface area contributed by atoms with Crippen molar-refractivity contribution in [3.63, 3.8) is 0 Å². The van der Waals surface area contributed by atoms with Gasteiger partial charge in [0, 0.05) is 38.6 Å². The summed E-state index contributed by atoms with van der Waals surface area (Å²) in [6.07, 6.45) is 4.96. The summed E-state index contributed by atoms with van der Waals surface area (Å²) in [5.41, 5.74) is 9.44. The molecular weight excluding hydrogens is 368 g/mol. The van der Waals surface area contributed by atoms with Gasteiger partial charge in [0.1, 0.15) is 11.0 Å². The summed E-state index contributed by atoms with van der Waals surface area (Å²) >= 11 is 0. The Morgan fingerprint density at radius 3 is 2.66 bits per heavy atom. The summed E-state index contributed by atoms with van der Waals surface area (Å²) in [6, 6.07) is 5.77. The molecule has 150 valence electrons. The summed E-state index contributed by atoms with van der Waals surface area (Å²) in [5.74, 6) is 0.720. The molecule has 0 aliphatic carbocycles. The first-order valence-electron chi connectivity index (χ1n) is 9.60. The monoisotopic (exact) mass is 392 g/mol. The normalized spacial score (nSPS) is 12.6. The van der Waals surface area contributed by atoms with Crippen molar-refractivity contribution in [3.05, 3.63) is 52.7 Å². The number of aromatic nitrogens is 6. The Labute approximate surface area is 167 Å². The van der Waals surface area contributed by atoms with Crippen LogP contribution in [-0.2, 0) is 13.1 Å². The van der Waals surface area contributed by atoms with Crippen molar-refractivity contribution in [2.45, 2.75) is 33.0 Å². The maximum Gasteiger partial charge on any atom is 0.293 e. The maximum absolute atomic E-state index is 13.2. The molecule has 0 bridgehead atoms. The van der Waals surface area contributed by atoms with Gasteiger partial charge >= 0.3 is 0 Å². The number of nitrogens with zero attached hydrogens (tertiary/aromatic N) is 7. The lowest BCUT2D eigenvalue weighted by atomic mass is 10.2. The zero-order valence-electron chi connectivity index (χ0n) is 16.8. The van der Waals surface area contributed by atoms with Crippen LogP contribution in [0.15, 0.2) is 41.6 Å². The highest BCUT2D eigenvalue weighted by Gasteiger charge is 2.18. The summed E-state index contributed by atoms with van der Waals surface area (Å²) in [7, 11) is 1.93. The number of hydrogen-bond acceptors (Lipinski definition) is 7. The number of aryl methyl sites for hydroxylation is 1. The van der Waals surface area contributed by atoms with E-state index < -0.39 is 0 Å². The van der Waals surface area contributed by atoms with Gasteiger partial charge in [0.2, 0.25) is 5.95 Å². The fraction of sp³-hybridized carbons (Fsp3) is 0.350. The smallest absolute Gasteiger partial charge is 0.293 e. The second-order valence-corrected chi connectivity index (χ2v) is 7.23. The number of likely N-dealkylation sites (N-methyl/N-ethyl adjacent to an activating group) is 1. The van der Waals surface area contributed by atoms with E-state index in [9.17, 15) is 4.79 Å². The first-order valence-corrected chi connectivity index (χ1v) is 9.60. The molecular formula is C20H24N8O. The fourth-order valence-corrected chi connectivity index (χ4v) is 3.57. The Balaban J connectivity index is 1.75. The van der Waals surface area contributed by atoms with Crippen molar-refractivity contribution in [1.82, 2.24) is 29.3 Å². The quantitative estimate of drug-likeness (QED) is 0.528. The molecule has 9 nitrogen and oxygen atoms in total. The van der Waals surface area contributed by atoms with Crippen molar-refractivity contribution >= 4 is 28.0 Å². The molecule has 0 aliphatic rings. The van der Waals surface area contributed by atoms with E-state index in [0.717, 1.165) is 22.5 Å². The maximum atomic E-state index is 13.2. The average molecular weight is 392 g/mol. The summed E-state index contributed by atoms with van der Waals surface area (Å²) in [6.45, 7) is 5.55. The lowest BCUT2D eigenvalue weighted by Crippen LogP contribution is -2.34. The first kappa shape index (κ1) is 19.0.